The van der Waals surface area contributed by atoms with E-state index in [2.05, 4.69) is 16.8 Å². The second-order valence-electron chi connectivity index (χ2n) is 6.49. The zero-order chi connectivity index (χ0) is 17.3. The predicted molar refractivity (Wildman–Crippen MR) is 92.3 cm³/mol. The van der Waals surface area contributed by atoms with Crippen molar-refractivity contribution in [2.24, 2.45) is 5.92 Å². The quantitative estimate of drug-likeness (QED) is 0.849. The molecular weight excluding hydrogens is 326 g/mol. The Balaban J connectivity index is 1.89. The Labute approximate surface area is 143 Å². The number of rotatable bonds is 4. The molecule has 0 saturated carbocycles. The number of sulfonamides is 1. The van der Waals surface area contributed by atoms with Gasteiger partial charge in [0.05, 0.1) is 12.3 Å². The van der Waals surface area contributed by atoms with Crippen LogP contribution in [0.5, 0.6) is 0 Å². The van der Waals surface area contributed by atoms with Crippen molar-refractivity contribution in [1.29, 1.82) is 0 Å². The number of hydrogen-bond donors (Lipinski definition) is 0. The number of nitrogens with zero attached hydrogens (tertiary/aromatic N) is 3. The highest BCUT2D eigenvalue weighted by Crippen LogP contribution is 2.37. The van der Waals surface area contributed by atoms with Gasteiger partial charge in [-0.1, -0.05) is 6.92 Å². The van der Waals surface area contributed by atoms with Crippen molar-refractivity contribution in [3.05, 3.63) is 42.5 Å². The third-order valence-electron chi connectivity index (χ3n) is 4.53. The zero-order valence-corrected chi connectivity index (χ0v) is 15.0. The molecule has 0 aromatic carbocycles. The fourth-order valence-corrected chi connectivity index (χ4v) is 3.92. The summed E-state index contributed by atoms with van der Waals surface area (Å²) in [6.45, 7) is 3.12. The molecule has 24 heavy (non-hydrogen) atoms. The molecule has 3 rings (SSSR count). The molecule has 130 valence electrons. The Morgan fingerprint density at radius 1 is 1.29 bits per heavy atom. The molecule has 1 saturated heterocycles. The lowest BCUT2D eigenvalue weighted by Crippen LogP contribution is -2.36. The maximum atomic E-state index is 12.2. The van der Waals surface area contributed by atoms with E-state index in [9.17, 15) is 8.42 Å². The summed E-state index contributed by atoms with van der Waals surface area (Å²) in [5, 5.41) is 0. The van der Waals surface area contributed by atoms with Crippen LogP contribution in [-0.4, -0.2) is 38.3 Å². The predicted octanol–water partition coefficient (Wildman–Crippen LogP) is 2.90. The topological polar surface area (TPSA) is 66.7 Å². The average molecular weight is 349 g/mol. The number of anilines is 1. The van der Waals surface area contributed by atoms with E-state index in [0.717, 1.165) is 31.0 Å². The van der Waals surface area contributed by atoms with Crippen LogP contribution in [0.1, 0.15) is 31.6 Å². The van der Waals surface area contributed by atoms with Crippen molar-refractivity contribution in [2.45, 2.75) is 30.7 Å². The molecule has 0 radical (unpaired) electrons. The second-order valence-corrected chi connectivity index (χ2v) is 8.65. The maximum absolute atomic E-state index is 12.2. The van der Waals surface area contributed by atoms with Crippen LogP contribution in [0.15, 0.2) is 46.0 Å². The highest BCUT2D eigenvalue weighted by molar-refractivity contribution is 7.89. The lowest BCUT2D eigenvalue weighted by atomic mass is 9.91. The fourth-order valence-electron chi connectivity index (χ4n) is 3.07. The molecule has 0 N–H and O–H groups in total. The molecule has 2 atom stereocenters. The van der Waals surface area contributed by atoms with Crippen molar-refractivity contribution in [3.63, 3.8) is 0 Å². The number of furan rings is 1. The van der Waals surface area contributed by atoms with Gasteiger partial charge in [-0.2, -0.15) is 0 Å². The standard InChI is InChI=1S/C17H23N3O3S/c1-13-8-9-20(15(11-13)16-5-4-10-23-16)17-7-6-14(12-18-17)24(21,22)19(2)3/h4-7,10,12-13,15H,8-9,11H2,1-3H3/t13-,15-/m0/s1. The minimum Gasteiger partial charge on any atom is -0.467 e. The van der Waals surface area contributed by atoms with Gasteiger partial charge in [-0.25, -0.2) is 17.7 Å². The third-order valence-corrected chi connectivity index (χ3v) is 6.33. The van der Waals surface area contributed by atoms with Crippen molar-refractivity contribution >= 4 is 15.8 Å². The van der Waals surface area contributed by atoms with Gasteiger partial charge in [0.1, 0.15) is 16.5 Å². The van der Waals surface area contributed by atoms with Crippen molar-refractivity contribution in [1.82, 2.24) is 9.29 Å². The second kappa shape index (κ2) is 6.57. The van der Waals surface area contributed by atoms with Gasteiger partial charge in [0.2, 0.25) is 10.0 Å². The van der Waals surface area contributed by atoms with E-state index in [1.807, 2.05) is 12.1 Å². The number of pyridine rings is 1. The van der Waals surface area contributed by atoms with Gasteiger partial charge in [0.25, 0.3) is 0 Å². The first-order valence-corrected chi connectivity index (χ1v) is 9.52. The summed E-state index contributed by atoms with van der Waals surface area (Å²) >= 11 is 0. The number of aromatic nitrogens is 1. The minimum atomic E-state index is -3.46. The first-order valence-electron chi connectivity index (χ1n) is 8.08. The number of hydrogen-bond acceptors (Lipinski definition) is 5. The Kier molecular flexibility index (Phi) is 4.64. The maximum Gasteiger partial charge on any atom is 0.244 e. The Hall–Kier alpha value is -1.86. The van der Waals surface area contributed by atoms with E-state index in [1.54, 1.807) is 18.4 Å². The molecule has 2 aromatic rings. The average Bonchev–Trinajstić information content (AvgIpc) is 3.09. The van der Waals surface area contributed by atoms with Crippen molar-refractivity contribution < 1.29 is 12.8 Å². The van der Waals surface area contributed by atoms with Gasteiger partial charge < -0.3 is 9.32 Å². The van der Waals surface area contributed by atoms with E-state index in [1.165, 1.54) is 24.6 Å². The van der Waals surface area contributed by atoms with Gasteiger partial charge in [-0.05, 0) is 43.0 Å². The highest BCUT2D eigenvalue weighted by atomic mass is 32.2. The molecular formula is C17H23N3O3S. The summed E-state index contributed by atoms with van der Waals surface area (Å²) in [5.41, 5.74) is 0. The molecule has 7 heteroatoms. The molecule has 0 amide bonds. The Morgan fingerprint density at radius 2 is 2.08 bits per heavy atom. The molecule has 1 aliphatic rings. The number of piperidine rings is 1. The van der Waals surface area contributed by atoms with Crippen molar-refractivity contribution in [2.75, 3.05) is 25.5 Å². The van der Waals surface area contributed by atoms with E-state index in [-0.39, 0.29) is 10.9 Å². The van der Waals surface area contributed by atoms with Crippen LogP contribution in [-0.2, 0) is 10.0 Å². The highest BCUT2D eigenvalue weighted by Gasteiger charge is 2.30. The molecule has 0 spiro atoms. The van der Waals surface area contributed by atoms with Crippen LogP contribution in [0.4, 0.5) is 5.82 Å². The Morgan fingerprint density at radius 3 is 2.67 bits per heavy atom. The monoisotopic (exact) mass is 349 g/mol. The van der Waals surface area contributed by atoms with E-state index in [4.69, 9.17) is 4.42 Å². The fraction of sp³-hybridized carbons (Fsp3) is 0.471. The van der Waals surface area contributed by atoms with E-state index in [0.29, 0.717) is 5.92 Å². The molecule has 0 bridgehead atoms. The molecule has 2 aromatic heterocycles. The van der Waals surface area contributed by atoms with Crippen LogP contribution in [0.2, 0.25) is 0 Å². The lowest BCUT2D eigenvalue weighted by Gasteiger charge is -2.38. The third kappa shape index (κ3) is 3.18. The van der Waals surface area contributed by atoms with Gasteiger partial charge in [-0.3, -0.25) is 0 Å². The summed E-state index contributed by atoms with van der Waals surface area (Å²) in [6, 6.07) is 7.41. The van der Waals surface area contributed by atoms with Crippen LogP contribution in [0.3, 0.4) is 0 Å². The minimum absolute atomic E-state index is 0.132. The SMILES string of the molecule is C[C@H]1CCN(c2ccc(S(=O)(=O)N(C)C)cn2)[C@H](c2ccco2)C1. The van der Waals surface area contributed by atoms with E-state index < -0.39 is 10.0 Å². The zero-order valence-electron chi connectivity index (χ0n) is 14.2. The van der Waals surface area contributed by atoms with Gasteiger partial charge in [0, 0.05) is 26.8 Å². The van der Waals surface area contributed by atoms with Crippen LogP contribution in [0.25, 0.3) is 0 Å². The normalized spacial score (nSPS) is 22.1. The first-order chi connectivity index (χ1) is 11.4. The molecule has 1 fully saturated rings. The Bertz CT molecular complexity index is 770. The summed E-state index contributed by atoms with van der Waals surface area (Å²) in [5.74, 6) is 2.32. The van der Waals surface area contributed by atoms with Gasteiger partial charge in [-0.15, -0.1) is 0 Å². The summed E-state index contributed by atoms with van der Waals surface area (Å²) in [6.07, 6.45) is 5.19. The summed E-state index contributed by atoms with van der Waals surface area (Å²) in [7, 11) is -0.424. The molecule has 3 heterocycles. The van der Waals surface area contributed by atoms with Gasteiger partial charge >= 0.3 is 0 Å². The molecule has 0 unspecified atom stereocenters. The van der Waals surface area contributed by atoms with Crippen molar-refractivity contribution in [3.8, 4) is 0 Å². The molecule has 1 aliphatic heterocycles. The van der Waals surface area contributed by atoms with E-state index >= 15 is 0 Å². The first kappa shape index (κ1) is 17.0. The van der Waals surface area contributed by atoms with Crippen LogP contribution >= 0.6 is 0 Å². The summed E-state index contributed by atoms with van der Waals surface area (Å²) in [4.78, 5) is 6.82. The summed E-state index contributed by atoms with van der Waals surface area (Å²) < 4.78 is 31.1. The van der Waals surface area contributed by atoms with Crippen LogP contribution in [0, 0.1) is 5.92 Å². The van der Waals surface area contributed by atoms with Gasteiger partial charge in [0.15, 0.2) is 0 Å². The molecule has 6 nitrogen and oxygen atoms in total. The smallest absolute Gasteiger partial charge is 0.244 e. The molecule has 0 aliphatic carbocycles. The largest absolute Gasteiger partial charge is 0.467 e. The van der Waals surface area contributed by atoms with Crippen LogP contribution < -0.4 is 4.90 Å². The lowest BCUT2D eigenvalue weighted by molar-refractivity contribution is 0.327.